The van der Waals surface area contributed by atoms with Crippen molar-refractivity contribution in [2.24, 2.45) is 5.41 Å². The number of benzene rings is 1. The number of hydrogen-bond acceptors (Lipinski definition) is 2. The van der Waals surface area contributed by atoms with Gasteiger partial charge in [0, 0.05) is 18.7 Å². The standard InChI is InChI=1S/C13H20FNO/c1-13(2,3)12(16)9-15-8-10-6-4-5-7-11(10)14/h4-7,12,15-16H,8-9H2,1-3H3. The van der Waals surface area contributed by atoms with E-state index in [4.69, 9.17) is 0 Å². The molecule has 1 aromatic rings. The molecule has 1 aromatic carbocycles. The predicted octanol–water partition coefficient (Wildman–Crippen LogP) is 2.32. The van der Waals surface area contributed by atoms with Crippen molar-refractivity contribution in [1.29, 1.82) is 0 Å². The first-order valence-electron chi connectivity index (χ1n) is 5.53. The summed E-state index contributed by atoms with van der Waals surface area (Å²) in [6.45, 7) is 6.84. The van der Waals surface area contributed by atoms with E-state index in [9.17, 15) is 9.50 Å². The molecule has 2 N–H and O–H groups in total. The van der Waals surface area contributed by atoms with Crippen molar-refractivity contribution in [2.45, 2.75) is 33.4 Å². The molecule has 1 atom stereocenters. The number of rotatable bonds is 4. The highest BCUT2D eigenvalue weighted by atomic mass is 19.1. The highest BCUT2D eigenvalue weighted by Gasteiger charge is 2.21. The van der Waals surface area contributed by atoms with Gasteiger partial charge in [0.05, 0.1) is 6.10 Å². The molecular formula is C13H20FNO. The van der Waals surface area contributed by atoms with E-state index in [1.54, 1.807) is 18.2 Å². The fraction of sp³-hybridized carbons (Fsp3) is 0.538. The van der Waals surface area contributed by atoms with E-state index in [-0.39, 0.29) is 11.2 Å². The van der Waals surface area contributed by atoms with Gasteiger partial charge in [-0.15, -0.1) is 0 Å². The summed E-state index contributed by atoms with van der Waals surface area (Å²) in [4.78, 5) is 0. The Bertz CT molecular complexity index is 333. The Morgan fingerprint density at radius 3 is 2.50 bits per heavy atom. The van der Waals surface area contributed by atoms with Crippen molar-refractivity contribution >= 4 is 0 Å². The van der Waals surface area contributed by atoms with Crippen molar-refractivity contribution in [2.75, 3.05) is 6.54 Å². The second kappa shape index (κ2) is 5.41. The summed E-state index contributed by atoms with van der Waals surface area (Å²) in [7, 11) is 0. The molecule has 0 fully saturated rings. The Morgan fingerprint density at radius 2 is 1.94 bits per heavy atom. The van der Waals surface area contributed by atoms with E-state index in [0.717, 1.165) is 0 Å². The number of aliphatic hydroxyl groups is 1. The molecule has 90 valence electrons. The van der Waals surface area contributed by atoms with Crippen molar-refractivity contribution in [3.05, 3.63) is 35.6 Å². The highest BCUT2D eigenvalue weighted by molar-refractivity contribution is 5.16. The van der Waals surface area contributed by atoms with Gasteiger partial charge in [0.15, 0.2) is 0 Å². The minimum atomic E-state index is -0.431. The second-order valence-electron chi connectivity index (χ2n) is 5.10. The summed E-state index contributed by atoms with van der Waals surface area (Å²) < 4.78 is 13.2. The van der Waals surface area contributed by atoms with Gasteiger partial charge in [-0.25, -0.2) is 4.39 Å². The van der Waals surface area contributed by atoms with Crippen LogP contribution in [0.15, 0.2) is 24.3 Å². The molecule has 0 aliphatic carbocycles. The summed E-state index contributed by atoms with van der Waals surface area (Å²) in [5.74, 6) is -0.208. The van der Waals surface area contributed by atoms with Gasteiger partial charge in [0.2, 0.25) is 0 Å². The van der Waals surface area contributed by atoms with Gasteiger partial charge in [0.1, 0.15) is 5.82 Å². The van der Waals surface area contributed by atoms with Crippen LogP contribution in [0, 0.1) is 11.2 Å². The van der Waals surface area contributed by atoms with E-state index >= 15 is 0 Å². The molecule has 0 aromatic heterocycles. The van der Waals surface area contributed by atoms with Gasteiger partial charge in [-0.2, -0.15) is 0 Å². The Hall–Kier alpha value is -0.930. The number of aliphatic hydroxyl groups excluding tert-OH is 1. The molecule has 0 aliphatic heterocycles. The monoisotopic (exact) mass is 225 g/mol. The topological polar surface area (TPSA) is 32.3 Å². The molecular weight excluding hydrogens is 205 g/mol. The van der Waals surface area contributed by atoms with Crippen molar-refractivity contribution in [3.8, 4) is 0 Å². The van der Waals surface area contributed by atoms with Crippen LogP contribution in [0.1, 0.15) is 26.3 Å². The maximum absolute atomic E-state index is 13.2. The zero-order chi connectivity index (χ0) is 12.2. The minimum Gasteiger partial charge on any atom is -0.391 e. The Balaban J connectivity index is 2.40. The van der Waals surface area contributed by atoms with Crippen molar-refractivity contribution in [1.82, 2.24) is 5.32 Å². The summed E-state index contributed by atoms with van der Waals surface area (Å²) in [5.41, 5.74) is 0.478. The lowest BCUT2D eigenvalue weighted by Crippen LogP contribution is -2.36. The predicted molar refractivity (Wildman–Crippen MR) is 63.6 cm³/mol. The van der Waals surface area contributed by atoms with E-state index in [0.29, 0.717) is 18.7 Å². The van der Waals surface area contributed by atoms with E-state index in [1.807, 2.05) is 20.8 Å². The maximum atomic E-state index is 13.2. The van der Waals surface area contributed by atoms with Crippen LogP contribution in [0.2, 0.25) is 0 Å². The van der Waals surface area contributed by atoms with Crippen LogP contribution in [-0.4, -0.2) is 17.8 Å². The lowest BCUT2D eigenvalue weighted by Gasteiger charge is -2.26. The normalized spacial score (nSPS) is 13.8. The van der Waals surface area contributed by atoms with Gasteiger partial charge in [-0.1, -0.05) is 39.0 Å². The average molecular weight is 225 g/mol. The molecule has 0 heterocycles. The zero-order valence-electron chi connectivity index (χ0n) is 10.1. The summed E-state index contributed by atoms with van der Waals surface area (Å²) in [6.07, 6.45) is -0.431. The third-order valence-electron chi connectivity index (χ3n) is 2.61. The van der Waals surface area contributed by atoms with Crippen LogP contribution in [0.4, 0.5) is 4.39 Å². The number of hydrogen-bond donors (Lipinski definition) is 2. The molecule has 3 heteroatoms. The fourth-order valence-electron chi connectivity index (χ4n) is 1.29. The lowest BCUT2D eigenvalue weighted by molar-refractivity contribution is 0.0627. The molecule has 0 radical (unpaired) electrons. The smallest absolute Gasteiger partial charge is 0.127 e. The number of halogens is 1. The Kier molecular flexibility index (Phi) is 4.44. The molecule has 0 amide bonds. The van der Waals surface area contributed by atoms with E-state index in [1.165, 1.54) is 6.07 Å². The molecule has 2 nitrogen and oxygen atoms in total. The van der Waals surface area contributed by atoms with Gasteiger partial charge >= 0.3 is 0 Å². The Labute approximate surface area is 96.5 Å². The number of nitrogens with one attached hydrogen (secondary N) is 1. The van der Waals surface area contributed by atoms with Gasteiger partial charge in [0.25, 0.3) is 0 Å². The van der Waals surface area contributed by atoms with E-state index in [2.05, 4.69) is 5.32 Å². The molecule has 0 saturated carbocycles. The summed E-state index contributed by atoms with van der Waals surface area (Å²) in [6, 6.07) is 6.66. The quantitative estimate of drug-likeness (QED) is 0.824. The summed E-state index contributed by atoms with van der Waals surface area (Å²) in [5, 5.41) is 12.8. The third kappa shape index (κ3) is 3.91. The molecule has 0 saturated heterocycles. The second-order valence-corrected chi connectivity index (χ2v) is 5.10. The molecule has 0 bridgehead atoms. The van der Waals surface area contributed by atoms with Crippen LogP contribution >= 0.6 is 0 Å². The SMILES string of the molecule is CC(C)(C)C(O)CNCc1ccccc1F. The van der Waals surface area contributed by atoms with Gasteiger partial charge < -0.3 is 10.4 Å². The Morgan fingerprint density at radius 1 is 1.31 bits per heavy atom. The largest absolute Gasteiger partial charge is 0.391 e. The van der Waals surface area contributed by atoms with Crippen LogP contribution in [0.25, 0.3) is 0 Å². The molecule has 1 rings (SSSR count). The van der Waals surface area contributed by atoms with Crippen molar-refractivity contribution in [3.63, 3.8) is 0 Å². The first kappa shape index (κ1) is 13.1. The molecule has 0 aliphatic rings. The minimum absolute atomic E-state index is 0.151. The molecule has 1 unspecified atom stereocenters. The van der Waals surface area contributed by atoms with Gasteiger partial charge in [-0.3, -0.25) is 0 Å². The van der Waals surface area contributed by atoms with Crippen molar-refractivity contribution < 1.29 is 9.50 Å². The first-order valence-corrected chi connectivity index (χ1v) is 5.53. The summed E-state index contributed by atoms with van der Waals surface area (Å²) >= 11 is 0. The van der Waals surface area contributed by atoms with Crippen LogP contribution in [-0.2, 0) is 6.54 Å². The molecule has 0 spiro atoms. The van der Waals surface area contributed by atoms with Crippen LogP contribution in [0.5, 0.6) is 0 Å². The average Bonchev–Trinajstić information content (AvgIpc) is 2.19. The van der Waals surface area contributed by atoms with Crippen LogP contribution in [0.3, 0.4) is 0 Å². The first-order chi connectivity index (χ1) is 7.41. The lowest BCUT2D eigenvalue weighted by atomic mass is 9.89. The highest BCUT2D eigenvalue weighted by Crippen LogP contribution is 2.18. The molecule has 16 heavy (non-hydrogen) atoms. The maximum Gasteiger partial charge on any atom is 0.127 e. The van der Waals surface area contributed by atoms with E-state index < -0.39 is 6.10 Å². The zero-order valence-corrected chi connectivity index (χ0v) is 10.1. The van der Waals surface area contributed by atoms with Gasteiger partial charge in [-0.05, 0) is 11.5 Å². The fourth-order valence-corrected chi connectivity index (χ4v) is 1.29. The van der Waals surface area contributed by atoms with Crippen LogP contribution < -0.4 is 5.32 Å². The third-order valence-corrected chi connectivity index (χ3v) is 2.61.